The molecule has 2 unspecified atom stereocenters. The molecule has 0 aliphatic carbocycles. The Balaban J connectivity index is 2.04. The van der Waals surface area contributed by atoms with Crippen molar-refractivity contribution < 1.29 is 27.4 Å². The summed E-state index contributed by atoms with van der Waals surface area (Å²) in [5.41, 5.74) is 0.565. The molecule has 10 nitrogen and oxygen atoms in total. The largest absolute Gasteiger partial charge is 0.509 e. The van der Waals surface area contributed by atoms with E-state index in [4.69, 9.17) is 4.52 Å². The zero-order chi connectivity index (χ0) is 26.9. The van der Waals surface area contributed by atoms with E-state index in [0.29, 0.717) is 18.7 Å². The van der Waals surface area contributed by atoms with Crippen LogP contribution in [-0.4, -0.2) is 55.6 Å². The number of benzene rings is 1. The minimum Gasteiger partial charge on any atom is -0.509 e. The van der Waals surface area contributed by atoms with Gasteiger partial charge in [0.25, 0.3) is 5.91 Å². The number of sulfonamides is 1. The monoisotopic (exact) mass is 540 g/mol. The Morgan fingerprint density at radius 3 is 2.56 bits per heavy atom. The van der Waals surface area contributed by atoms with Crippen LogP contribution in [0.4, 0.5) is 11.4 Å². The zero-order valence-corrected chi connectivity index (χ0v) is 23.5. The molecule has 1 amide bonds. The predicted octanol–water partition coefficient (Wildman–Crippen LogP) is 4.39. The fourth-order valence-corrected chi connectivity index (χ4v) is 6.57. The van der Waals surface area contributed by atoms with Crippen molar-refractivity contribution in [3.8, 4) is 0 Å². The number of amidine groups is 1. The fourth-order valence-electron chi connectivity index (χ4n) is 4.21. The first-order valence-corrected chi connectivity index (χ1v) is 15.6. The van der Waals surface area contributed by atoms with Crippen LogP contribution in [0.15, 0.2) is 34.3 Å². The van der Waals surface area contributed by atoms with Gasteiger partial charge in [-0.1, -0.05) is 40.5 Å². The Bertz CT molecular complexity index is 1240. The molecular weight excluding hydrogens is 503 g/mol. The molecule has 200 valence electrons. The number of hydrogen-bond donors (Lipinski definition) is 3. The van der Waals surface area contributed by atoms with Crippen molar-refractivity contribution in [3.63, 3.8) is 0 Å². The highest BCUT2D eigenvalue weighted by molar-refractivity contribution is 7.92. The summed E-state index contributed by atoms with van der Waals surface area (Å²) in [6.45, 7) is 10.5. The Hall–Kier alpha value is -2.36. The van der Waals surface area contributed by atoms with E-state index in [0.717, 1.165) is 25.5 Å². The molecule has 0 aromatic heterocycles. The summed E-state index contributed by atoms with van der Waals surface area (Å²) in [6, 6.07) is 3.99. The number of aliphatic hydroxyl groups is 1. The van der Waals surface area contributed by atoms with Crippen LogP contribution >= 0.6 is 7.52 Å². The first-order chi connectivity index (χ1) is 16.7. The number of anilines is 2. The van der Waals surface area contributed by atoms with Crippen LogP contribution in [0.2, 0.25) is 0 Å². The second kappa shape index (κ2) is 10.6. The highest BCUT2D eigenvalue weighted by Crippen LogP contribution is 2.52. The van der Waals surface area contributed by atoms with Gasteiger partial charge in [0.1, 0.15) is 11.3 Å². The lowest BCUT2D eigenvalue weighted by Crippen LogP contribution is -2.39. The molecule has 2 heterocycles. The molecule has 2 atom stereocenters. The van der Waals surface area contributed by atoms with Gasteiger partial charge in [-0.2, -0.15) is 4.76 Å². The van der Waals surface area contributed by atoms with Gasteiger partial charge >= 0.3 is 7.52 Å². The van der Waals surface area contributed by atoms with Gasteiger partial charge in [-0.25, -0.2) is 8.42 Å². The Labute approximate surface area is 213 Å². The highest BCUT2D eigenvalue weighted by Gasteiger charge is 2.44. The van der Waals surface area contributed by atoms with Crippen molar-refractivity contribution in [3.05, 3.63) is 29.5 Å². The molecule has 36 heavy (non-hydrogen) atoms. The minimum atomic E-state index is -3.89. The molecular formula is C24H37N4O6PS. The molecule has 1 aromatic carbocycles. The van der Waals surface area contributed by atoms with E-state index in [1.807, 2.05) is 6.92 Å². The maximum Gasteiger partial charge on any atom is 0.348 e. The fraction of sp³-hybridized carbons (Fsp3) is 0.583. The lowest BCUT2D eigenvalue weighted by molar-refractivity contribution is -0.127. The van der Waals surface area contributed by atoms with Crippen LogP contribution in [0.25, 0.3) is 0 Å². The van der Waals surface area contributed by atoms with E-state index >= 15 is 0 Å². The van der Waals surface area contributed by atoms with Crippen molar-refractivity contribution in [2.75, 3.05) is 29.4 Å². The van der Waals surface area contributed by atoms with Gasteiger partial charge in [0, 0.05) is 12.2 Å². The first kappa shape index (κ1) is 28.2. The molecule has 1 aromatic rings. The van der Waals surface area contributed by atoms with Crippen LogP contribution in [0.3, 0.4) is 0 Å². The standard InChI is InChI=1S/C24H37N4O6PS/c1-7-9-10-18-21(29)20(23(30)28(18)14-13-24(3,4)5)22-25-17-12-11-16(27-36(6,32)33)15-19(17)35(31,26-22)34-8-2/h11-12,15,18,27,29H,7-10,13-14H2,1-6H3,(H,25,26,31). The topological polar surface area (TPSA) is 137 Å². The maximum absolute atomic E-state index is 13.9. The number of fused-ring (bicyclic) bond motifs is 1. The zero-order valence-electron chi connectivity index (χ0n) is 21.8. The predicted molar refractivity (Wildman–Crippen MR) is 144 cm³/mol. The van der Waals surface area contributed by atoms with Crippen LogP contribution in [-0.2, 0) is 23.9 Å². The highest BCUT2D eigenvalue weighted by atomic mass is 32.2. The van der Waals surface area contributed by atoms with Gasteiger partial charge in [0.05, 0.1) is 29.9 Å². The number of rotatable bonds is 10. The van der Waals surface area contributed by atoms with Gasteiger partial charge in [-0.3, -0.25) is 14.1 Å². The van der Waals surface area contributed by atoms with E-state index in [9.17, 15) is 22.9 Å². The van der Waals surface area contributed by atoms with Crippen molar-refractivity contribution in [2.24, 2.45) is 10.2 Å². The van der Waals surface area contributed by atoms with E-state index in [-0.39, 0.29) is 46.1 Å². The Morgan fingerprint density at radius 1 is 1.28 bits per heavy atom. The summed E-state index contributed by atoms with van der Waals surface area (Å²) in [5, 5.41) is 14.4. The molecule has 2 aliphatic rings. The molecule has 3 N–H and O–H groups in total. The lowest BCUT2D eigenvalue weighted by Gasteiger charge is -2.29. The number of hydrogen-bond acceptors (Lipinski definition) is 7. The van der Waals surface area contributed by atoms with Crippen LogP contribution in [0, 0.1) is 5.41 Å². The number of carbonyl (C=O) groups excluding carboxylic acids is 1. The summed E-state index contributed by atoms with van der Waals surface area (Å²) in [4.78, 5) is 15.3. The SMILES string of the molecule is CCCCC1C(O)=C(C2=NP(=O)(OCC)c3cc(NS(C)(=O)=O)ccc3N2)C(=O)N1CCC(C)(C)C. The van der Waals surface area contributed by atoms with Crippen molar-refractivity contribution in [1.82, 2.24) is 4.90 Å². The van der Waals surface area contributed by atoms with Gasteiger partial charge in [-0.15, -0.1) is 0 Å². The molecule has 0 bridgehead atoms. The van der Waals surface area contributed by atoms with Crippen molar-refractivity contribution in [1.29, 1.82) is 0 Å². The average Bonchev–Trinajstić information content (AvgIpc) is 2.98. The van der Waals surface area contributed by atoms with Crippen molar-refractivity contribution in [2.45, 2.75) is 66.3 Å². The number of unbranched alkanes of at least 4 members (excludes halogenated alkanes) is 1. The summed E-state index contributed by atoms with van der Waals surface area (Å²) in [7, 11) is -7.44. The molecule has 2 aliphatic heterocycles. The average molecular weight is 541 g/mol. The van der Waals surface area contributed by atoms with Gasteiger partial charge < -0.3 is 19.8 Å². The maximum atomic E-state index is 13.9. The van der Waals surface area contributed by atoms with Gasteiger partial charge in [-0.05, 0) is 43.4 Å². The molecule has 0 fully saturated rings. The second-order valence-corrected chi connectivity index (χ2v) is 14.1. The minimum absolute atomic E-state index is 0.00408. The number of amides is 1. The second-order valence-electron chi connectivity index (χ2n) is 10.3. The van der Waals surface area contributed by atoms with E-state index in [1.165, 1.54) is 12.1 Å². The van der Waals surface area contributed by atoms with E-state index < -0.39 is 23.6 Å². The van der Waals surface area contributed by atoms with E-state index in [1.54, 1.807) is 17.9 Å². The van der Waals surface area contributed by atoms with Crippen LogP contribution < -0.4 is 15.3 Å². The van der Waals surface area contributed by atoms with Crippen molar-refractivity contribution >= 4 is 46.0 Å². The molecule has 3 rings (SSSR count). The molecule has 12 heteroatoms. The quantitative estimate of drug-likeness (QED) is 0.374. The molecule has 0 radical (unpaired) electrons. The number of nitrogens with one attached hydrogen (secondary N) is 2. The summed E-state index contributed by atoms with van der Waals surface area (Å²) >= 11 is 0. The smallest absolute Gasteiger partial charge is 0.348 e. The number of aliphatic hydroxyl groups excluding tert-OH is 1. The van der Waals surface area contributed by atoms with Crippen LogP contribution in [0.1, 0.15) is 60.3 Å². The third kappa shape index (κ3) is 6.30. The molecule has 0 spiro atoms. The first-order valence-electron chi connectivity index (χ1n) is 12.2. The summed E-state index contributed by atoms with van der Waals surface area (Å²) < 4.78 is 49.5. The summed E-state index contributed by atoms with van der Waals surface area (Å²) in [5.74, 6) is -0.466. The third-order valence-corrected chi connectivity index (χ3v) is 8.64. The lowest BCUT2D eigenvalue weighted by atomic mass is 9.92. The van der Waals surface area contributed by atoms with Gasteiger partial charge in [0.15, 0.2) is 5.84 Å². The van der Waals surface area contributed by atoms with Gasteiger partial charge in [0.2, 0.25) is 10.0 Å². The molecule has 0 saturated heterocycles. The normalized spacial score (nSPS) is 22.4. The summed E-state index contributed by atoms with van der Waals surface area (Å²) in [6.07, 6.45) is 4.12. The Kier molecular flexibility index (Phi) is 8.27. The number of nitrogens with zero attached hydrogens (tertiary/aromatic N) is 2. The van der Waals surface area contributed by atoms with E-state index in [2.05, 4.69) is 35.6 Å². The number of carbonyl (C=O) groups is 1. The Morgan fingerprint density at radius 2 is 1.97 bits per heavy atom. The van der Waals surface area contributed by atoms with Crippen LogP contribution in [0.5, 0.6) is 0 Å². The third-order valence-electron chi connectivity index (χ3n) is 5.99. The molecule has 0 saturated carbocycles.